The predicted octanol–water partition coefficient (Wildman–Crippen LogP) is 2.74. The van der Waals surface area contributed by atoms with Crippen molar-refractivity contribution in [3.8, 4) is 0 Å². The van der Waals surface area contributed by atoms with Crippen molar-refractivity contribution in [1.29, 1.82) is 0 Å². The second-order valence-electron chi connectivity index (χ2n) is 4.05. The Balaban J connectivity index is 1.83. The first-order chi connectivity index (χ1) is 9.16. The molecule has 0 atom stereocenters. The van der Waals surface area contributed by atoms with Gasteiger partial charge in [-0.25, -0.2) is 4.79 Å². The van der Waals surface area contributed by atoms with Crippen LogP contribution < -0.4 is 5.32 Å². The zero-order valence-corrected chi connectivity index (χ0v) is 11.0. The molecular formula is C13H14ClN3O2. The van der Waals surface area contributed by atoms with Crippen molar-refractivity contribution in [1.82, 2.24) is 9.78 Å². The molecule has 1 heterocycles. The molecule has 6 heteroatoms. The van der Waals surface area contributed by atoms with Crippen LogP contribution in [0.3, 0.4) is 0 Å². The van der Waals surface area contributed by atoms with E-state index in [1.807, 2.05) is 16.9 Å². The van der Waals surface area contributed by atoms with Crippen LogP contribution in [0.5, 0.6) is 0 Å². The Hall–Kier alpha value is -2.01. The molecule has 0 saturated carbocycles. The number of aryl methyl sites for hydroxylation is 1. The molecule has 0 aliphatic heterocycles. The lowest BCUT2D eigenvalue weighted by atomic mass is 10.2. The fourth-order valence-electron chi connectivity index (χ4n) is 1.71. The molecule has 0 bridgehead atoms. The maximum Gasteiger partial charge on any atom is 0.337 e. The second kappa shape index (κ2) is 6.24. The minimum atomic E-state index is -1.02. The van der Waals surface area contributed by atoms with Gasteiger partial charge in [-0.1, -0.05) is 11.6 Å². The van der Waals surface area contributed by atoms with E-state index >= 15 is 0 Å². The maximum absolute atomic E-state index is 10.8. The minimum absolute atomic E-state index is 0.115. The third kappa shape index (κ3) is 3.72. The van der Waals surface area contributed by atoms with Crippen LogP contribution in [0.1, 0.15) is 16.8 Å². The highest BCUT2D eigenvalue weighted by atomic mass is 35.5. The van der Waals surface area contributed by atoms with Crippen LogP contribution in [0.2, 0.25) is 5.02 Å². The van der Waals surface area contributed by atoms with E-state index in [1.165, 1.54) is 6.07 Å². The van der Waals surface area contributed by atoms with E-state index in [2.05, 4.69) is 10.4 Å². The zero-order valence-electron chi connectivity index (χ0n) is 10.2. The van der Waals surface area contributed by atoms with Gasteiger partial charge in [-0.2, -0.15) is 5.10 Å². The molecule has 2 N–H and O–H groups in total. The van der Waals surface area contributed by atoms with Gasteiger partial charge >= 0.3 is 5.97 Å². The average Bonchev–Trinajstić information content (AvgIpc) is 2.87. The molecule has 2 rings (SSSR count). The van der Waals surface area contributed by atoms with Crippen molar-refractivity contribution < 1.29 is 9.90 Å². The third-order valence-corrected chi connectivity index (χ3v) is 2.96. The first-order valence-corrected chi connectivity index (χ1v) is 6.29. The molecule has 19 heavy (non-hydrogen) atoms. The van der Waals surface area contributed by atoms with Crippen LogP contribution >= 0.6 is 11.6 Å². The van der Waals surface area contributed by atoms with Crippen LogP contribution in [0, 0.1) is 0 Å². The van der Waals surface area contributed by atoms with Crippen molar-refractivity contribution in [2.45, 2.75) is 13.0 Å². The molecule has 0 aliphatic rings. The topological polar surface area (TPSA) is 67.2 Å². The highest BCUT2D eigenvalue weighted by Gasteiger charge is 2.08. The Morgan fingerprint density at radius 3 is 2.95 bits per heavy atom. The molecule has 0 amide bonds. The number of hydrogen-bond acceptors (Lipinski definition) is 3. The summed E-state index contributed by atoms with van der Waals surface area (Å²) in [6, 6.07) is 6.72. The van der Waals surface area contributed by atoms with E-state index in [4.69, 9.17) is 16.7 Å². The molecular weight excluding hydrogens is 266 g/mol. The van der Waals surface area contributed by atoms with Gasteiger partial charge in [0.25, 0.3) is 0 Å². The number of carboxylic acids is 1. The maximum atomic E-state index is 10.8. The van der Waals surface area contributed by atoms with Gasteiger partial charge < -0.3 is 10.4 Å². The molecule has 100 valence electrons. The fourth-order valence-corrected chi connectivity index (χ4v) is 1.97. The number of nitrogens with one attached hydrogen (secondary N) is 1. The van der Waals surface area contributed by atoms with Crippen molar-refractivity contribution >= 4 is 23.3 Å². The van der Waals surface area contributed by atoms with Crippen molar-refractivity contribution in [3.05, 3.63) is 47.2 Å². The molecule has 0 saturated heterocycles. The highest BCUT2D eigenvalue weighted by Crippen LogP contribution is 2.20. The first-order valence-electron chi connectivity index (χ1n) is 5.91. The van der Waals surface area contributed by atoms with Gasteiger partial charge in [0, 0.05) is 31.2 Å². The quantitative estimate of drug-likeness (QED) is 0.798. The Morgan fingerprint density at radius 1 is 1.47 bits per heavy atom. The Bertz CT molecular complexity index is 555. The summed E-state index contributed by atoms with van der Waals surface area (Å²) in [6.07, 6.45) is 4.58. The van der Waals surface area contributed by atoms with Crippen LogP contribution in [-0.2, 0) is 6.54 Å². The molecule has 2 aromatic rings. The number of halogens is 1. The smallest absolute Gasteiger partial charge is 0.337 e. The van der Waals surface area contributed by atoms with E-state index in [9.17, 15) is 4.79 Å². The Morgan fingerprint density at radius 2 is 2.32 bits per heavy atom. The van der Waals surface area contributed by atoms with Gasteiger partial charge in [0.15, 0.2) is 0 Å². The summed E-state index contributed by atoms with van der Waals surface area (Å²) in [5.74, 6) is -1.02. The summed E-state index contributed by atoms with van der Waals surface area (Å²) in [4.78, 5) is 10.8. The third-order valence-electron chi connectivity index (χ3n) is 2.65. The van der Waals surface area contributed by atoms with Gasteiger partial charge in [-0.15, -0.1) is 0 Å². The monoisotopic (exact) mass is 279 g/mol. The van der Waals surface area contributed by atoms with Crippen LogP contribution in [0.4, 0.5) is 5.69 Å². The predicted molar refractivity (Wildman–Crippen MR) is 73.7 cm³/mol. The second-order valence-corrected chi connectivity index (χ2v) is 4.46. The average molecular weight is 280 g/mol. The number of aromatic nitrogens is 2. The van der Waals surface area contributed by atoms with Crippen LogP contribution in [-0.4, -0.2) is 27.4 Å². The normalized spacial score (nSPS) is 10.4. The summed E-state index contributed by atoms with van der Waals surface area (Å²) in [5, 5.41) is 16.4. The number of carboxylic acid groups (broad SMARTS) is 1. The number of nitrogens with zero attached hydrogens (tertiary/aromatic N) is 2. The van der Waals surface area contributed by atoms with E-state index in [0.717, 1.165) is 25.2 Å². The highest BCUT2D eigenvalue weighted by molar-refractivity contribution is 6.33. The Kier molecular flexibility index (Phi) is 4.41. The molecule has 5 nitrogen and oxygen atoms in total. The van der Waals surface area contributed by atoms with Crippen molar-refractivity contribution in [2.75, 3.05) is 11.9 Å². The number of rotatable bonds is 6. The molecule has 1 aromatic carbocycles. The van der Waals surface area contributed by atoms with Gasteiger partial charge in [-0.05, 0) is 30.7 Å². The molecule has 0 fully saturated rings. The molecule has 0 radical (unpaired) electrons. The summed E-state index contributed by atoms with van der Waals surface area (Å²) in [6.45, 7) is 1.60. The van der Waals surface area contributed by atoms with Gasteiger partial charge in [0.1, 0.15) is 0 Å². The van der Waals surface area contributed by atoms with Gasteiger partial charge in [0.05, 0.1) is 10.6 Å². The summed E-state index contributed by atoms with van der Waals surface area (Å²) >= 11 is 5.88. The summed E-state index contributed by atoms with van der Waals surface area (Å²) in [7, 11) is 0. The van der Waals surface area contributed by atoms with Crippen LogP contribution in [0.15, 0.2) is 36.7 Å². The lowest BCUT2D eigenvalue weighted by molar-refractivity contribution is 0.0697. The lowest BCUT2D eigenvalue weighted by Crippen LogP contribution is -2.07. The molecule has 0 aliphatic carbocycles. The first kappa shape index (κ1) is 13.4. The largest absolute Gasteiger partial charge is 0.478 e. The fraction of sp³-hybridized carbons (Fsp3) is 0.231. The SMILES string of the molecule is O=C(O)c1ccc(NCCCn2cccn2)cc1Cl. The molecule has 0 spiro atoms. The number of carbonyl (C=O) groups is 1. The standard InChI is InChI=1S/C13H14ClN3O2/c14-12-9-10(3-4-11(12)13(18)19)15-5-1-7-17-8-2-6-16-17/h2-4,6,8-9,15H,1,5,7H2,(H,18,19). The van der Waals surface area contributed by atoms with E-state index in [-0.39, 0.29) is 10.6 Å². The van der Waals surface area contributed by atoms with Gasteiger partial charge in [0.2, 0.25) is 0 Å². The lowest BCUT2D eigenvalue weighted by Gasteiger charge is -2.08. The Labute approximate surface area is 115 Å². The molecule has 1 aromatic heterocycles. The van der Waals surface area contributed by atoms with Crippen molar-refractivity contribution in [3.63, 3.8) is 0 Å². The summed E-state index contributed by atoms with van der Waals surface area (Å²) in [5.41, 5.74) is 0.930. The van der Waals surface area contributed by atoms with E-state index in [0.29, 0.717) is 0 Å². The number of hydrogen-bond donors (Lipinski definition) is 2. The number of anilines is 1. The summed E-state index contributed by atoms with van der Waals surface area (Å²) < 4.78 is 1.86. The van der Waals surface area contributed by atoms with E-state index in [1.54, 1.807) is 18.3 Å². The number of aromatic carboxylic acids is 1. The molecule has 0 unspecified atom stereocenters. The zero-order chi connectivity index (χ0) is 13.7. The van der Waals surface area contributed by atoms with Crippen LogP contribution in [0.25, 0.3) is 0 Å². The van der Waals surface area contributed by atoms with E-state index < -0.39 is 5.97 Å². The van der Waals surface area contributed by atoms with Crippen molar-refractivity contribution in [2.24, 2.45) is 0 Å². The van der Waals surface area contributed by atoms with Gasteiger partial charge in [-0.3, -0.25) is 4.68 Å². The minimum Gasteiger partial charge on any atom is -0.478 e. The number of benzene rings is 1.